The van der Waals surface area contributed by atoms with Crippen LogP contribution in [0.3, 0.4) is 0 Å². The van der Waals surface area contributed by atoms with Gasteiger partial charge in [-0.1, -0.05) is 11.6 Å². The summed E-state index contributed by atoms with van der Waals surface area (Å²) in [6, 6.07) is 6.18. The van der Waals surface area contributed by atoms with E-state index in [1.54, 1.807) is 25.1 Å². The molecule has 0 bridgehead atoms. The average Bonchev–Trinajstić information content (AvgIpc) is 2.72. The van der Waals surface area contributed by atoms with Gasteiger partial charge in [-0.3, -0.25) is 4.79 Å². The number of hydrogen-bond donors (Lipinski definition) is 1. The molecule has 0 spiro atoms. The van der Waals surface area contributed by atoms with Crippen molar-refractivity contribution in [3.05, 3.63) is 45.9 Å². The molecule has 1 atom stereocenters. The summed E-state index contributed by atoms with van der Waals surface area (Å²) in [6.45, 7) is 4.14. The van der Waals surface area contributed by atoms with Gasteiger partial charge in [0, 0.05) is 17.1 Å². The number of likely N-dealkylation sites (N-methyl/N-ethyl adjacent to an activating group) is 1. The number of nitriles is 1. The number of aliphatic hydroxyl groups is 1. The van der Waals surface area contributed by atoms with Crippen LogP contribution in [-0.4, -0.2) is 29.1 Å². The molecule has 1 unspecified atom stereocenters. The van der Waals surface area contributed by atoms with Crippen molar-refractivity contribution in [2.45, 2.75) is 19.9 Å². The molecule has 0 saturated carbocycles. The maximum Gasteiger partial charge on any atom is 0.293 e. The molecular formula is C15H15ClN2O3. The second-order valence-corrected chi connectivity index (χ2v) is 4.93. The van der Waals surface area contributed by atoms with Crippen molar-refractivity contribution >= 4 is 17.5 Å². The van der Waals surface area contributed by atoms with Gasteiger partial charge in [-0.25, -0.2) is 0 Å². The Kier molecular flexibility index (Phi) is 4.39. The number of aliphatic hydroxyl groups excluding tert-OH is 1. The third-order valence-electron chi connectivity index (χ3n) is 3.36. The lowest BCUT2D eigenvalue weighted by Crippen LogP contribution is -2.29. The fourth-order valence-electron chi connectivity index (χ4n) is 2.47. The van der Waals surface area contributed by atoms with Gasteiger partial charge in [0.15, 0.2) is 0 Å². The van der Waals surface area contributed by atoms with E-state index in [1.807, 2.05) is 13.0 Å². The Bertz CT molecular complexity index is 649. The lowest BCUT2D eigenvalue weighted by molar-refractivity contribution is 0.0725. The smallest absolute Gasteiger partial charge is 0.293 e. The van der Waals surface area contributed by atoms with Crippen LogP contribution in [0, 0.1) is 11.3 Å². The highest BCUT2D eigenvalue weighted by Crippen LogP contribution is 2.40. The third-order valence-corrected chi connectivity index (χ3v) is 3.59. The van der Waals surface area contributed by atoms with Crippen LogP contribution in [0.1, 0.15) is 35.8 Å². The van der Waals surface area contributed by atoms with Crippen LogP contribution in [-0.2, 0) is 4.74 Å². The third kappa shape index (κ3) is 2.55. The summed E-state index contributed by atoms with van der Waals surface area (Å²) in [5.41, 5.74) is 1.11. The van der Waals surface area contributed by atoms with Crippen LogP contribution in [0.25, 0.3) is 0 Å². The second kappa shape index (κ2) is 6.06. The lowest BCUT2D eigenvalue weighted by Gasteiger charge is -2.23. The van der Waals surface area contributed by atoms with Crippen molar-refractivity contribution in [3.63, 3.8) is 0 Å². The first-order valence-corrected chi connectivity index (χ1v) is 6.99. The molecule has 6 heteroatoms. The van der Waals surface area contributed by atoms with E-state index < -0.39 is 12.0 Å². The normalized spacial score (nSPS) is 18.1. The molecule has 21 heavy (non-hydrogen) atoms. The summed E-state index contributed by atoms with van der Waals surface area (Å²) in [7, 11) is 0. The summed E-state index contributed by atoms with van der Waals surface area (Å²) < 4.78 is 5.02. The zero-order chi connectivity index (χ0) is 15.6. The molecule has 0 radical (unpaired) electrons. The predicted molar refractivity (Wildman–Crippen MR) is 77.8 cm³/mol. The Morgan fingerprint density at radius 3 is 2.81 bits per heavy atom. The molecule has 5 nitrogen and oxygen atoms in total. The summed E-state index contributed by atoms with van der Waals surface area (Å²) in [5, 5.41) is 19.8. The summed E-state index contributed by atoms with van der Waals surface area (Å²) >= 11 is 5.99. The van der Waals surface area contributed by atoms with Gasteiger partial charge in [-0.05, 0) is 37.6 Å². The minimum absolute atomic E-state index is 0.00747. The van der Waals surface area contributed by atoms with Crippen molar-refractivity contribution < 1.29 is 14.6 Å². The van der Waals surface area contributed by atoms with Crippen molar-refractivity contribution in [1.29, 1.82) is 5.26 Å². The first kappa shape index (κ1) is 15.2. The van der Waals surface area contributed by atoms with Gasteiger partial charge in [-0.2, -0.15) is 5.26 Å². The standard InChI is InChI=1S/C15H15ClN2O3/c1-3-18-13(12(8-17)15(20)21-4-2)11-7-9(16)5-6-10(11)14(18)19/h5-7,13,20H,3-4H2,1-2H3/b15-12-. The molecule has 1 aromatic rings. The molecule has 0 aliphatic carbocycles. The minimum Gasteiger partial charge on any atom is -0.480 e. The van der Waals surface area contributed by atoms with Crippen LogP contribution in [0.4, 0.5) is 0 Å². The van der Waals surface area contributed by atoms with Crippen molar-refractivity contribution in [1.82, 2.24) is 4.90 Å². The summed E-state index contributed by atoms with van der Waals surface area (Å²) in [4.78, 5) is 13.9. The number of fused-ring (bicyclic) bond motifs is 1. The number of nitrogens with zero attached hydrogens (tertiary/aromatic N) is 2. The predicted octanol–water partition coefficient (Wildman–Crippen LogP) is 3.19. The van der Waals surface area contributed by atoms with E-state index in [4.69, 9.17) is 16.3 Å². The molecule has 110 valence electrons. The first-order valence-electron chi connectivity index (χ1n) is 6.61. The highest BCUT2D eigenvalue weighted by molar-refractivity contribution is 6.30. The largest absolute Gasteiger partial charge is 0.480 e. The number of amides is 1. The maximum atomic E-state index is 12.4. The minimum atomic E-state index is -0.673. The van der Waals surface area contributed by atoms with Crippen LogP contribution >= 0.6 is 11.6 Å². The molecule has 2 rings (SSSR count). The van der Waals surface area contributed by atoms with E-state index >= 15 is 0 Å². The van der Waals surface area contributed by atoms with Crippen LogP contribution < -0.4 is 0 Å². The molecule has 1 amide bonds. The SMILES string of the molecule is CCO/C(O)=C(/C#N)C1c2cc(Cl)ccc2C(=O)N1CC. The molecule has 0 fully saturated rings. The zero-order valence-corrected chi connectivity index (χ0v) is 12.5. The van der Waals surface area contributed by atoms with Gasteiger partial charge in [0.05, 0.1) is 6.61 Å². The van der Waals surface area contributed by atoms with E-state index in [0.717, 1.165) is 0 Å². The molecule has 1 aliphatic heterocycles. The number of ether oxygens (including phenoxy) is 1. The number of carbonyl (C=O) groups excluding carboxylic acids is 1. The Balaban J connectivity index is 2.61. The quantitative estimate of drug-likeness (QED) is 0.685. The molecule has 1 aromatic carbocycles. The van der Waals surface area contributed by atoms with Crippen LogP contribution in [0.15, 0.2) is 29.7 Å². The van der Waals surface area contributed by atoms with Gasteiger partial charge in [0.25, 0.3) is 11.9 Å². The number of carbonyl (C=O) groups is 1. The molecule has 1 heterocycles. The molecule has 0 saturated heterocycles. The highest BCUT2D eigenvalue weighted by atomic mass is 35.5. The van der Waals surface area contributed by atoms with Gasteiger partial charge >= 0.3 is 0 Å². The Labute approximate surface area is 128 Å². The number of benzene rings is 1. The average molecular weight is 307 g/mol. The molecular weight excluding hydrogens is 292 g/mol. The molecule has 1 N–H and O–H groups in total. The number of halogens is 1. The van der Waals surface area contributed by atoms with Gasteiger partial charge in [-0.15, -0.1) is 0 Å². The van der Waals surface area contributed by atoms with Crippen LogP contribution in [0.2, 0.25) is 5.02 Å². The van der Waals surface area contributed by atoms with Gasteiger partial charge < -0.3 is 14.7 Å². The topological polar surface area (TPSA) is 73.6 Å². The molecule has 0 aromatic heterocycles. The van der Waals surface area contributed by atoms with Gasteiger partial charge in [0.1, 0.15) is 17.7 Å². The van der Waals surface area contributed by atoms with E-state index in [1.165, 1.54) is 4.90 Å². The van der Waals surface area contributed by atoms with Crippen molar-refractivity contribution in [2.24, 2.45) is 0 Å². The maximum absolute atomic E-state index is 12.4. The summed E-state index contributed by atoms with van der Waals surface area (Å²) in [5.74, 6) is -0.643. The fraction of sp³-hybridized carbons (Fsp3) is 0.333. The number of hydrogen-bond acceptors (Lipinski definition) is 4. The summed E-state index contributed by atoms with van der Waals surface area (Å²) in [6.07, 6.45) is 0. The number of rotatable bonds is 4. The van der Waals surface area contributed by atoms with Crippen LogP contribution in [0.5, 0.6) is 0 Å². The lowest BCUT2D eigenvalue weighted by atomic mass is 9.99. The molecule has 1 aliphatic rings. The highest BCUT2D eigenvalue weighted by Gasteiger charge is 2.40. The van der Waals surface area contributed by atoms with Gasteiger partial charge in [0.2, 0.25) is 0 Å². The van der Waals surface area contributed by atoms with E-state index in [0.29, 0.717) is 22.7 Å². The van der Waals surface area contributed by atoms with Crippen molar-refractivity contribution in [2.75, 3.05) is 13.2 Å². The zero-order valence-electron chi connectivity index (χ0n) is 11.8. The first-order chi connectivity index (χ1) is 10.0. The van der Waals surface area contributed by atoms with E-state index in [2.05, 4.69) is 0 Å². The Hall–Kier alpha value is -2.19. The Morgan fingerprint density at radius 1 is 1.52 bits per heavy atom. The fourth-order valence-corrected chi connectivity index (χ4v) is 2.65. The van der Waals surface area contributed by atoms with E-state index in [-0.39, 0.29) is 18.1 Å². The Morgan fingerprint density at radius 2 is 2.24 bits per heavy atom. The monoisotopic (exact) mass is 306 g/mol. The second-order valence-electron chi connectivity index (χ2n) is 4.49. The van der Waals surface area contributed by atoms with E-state index in [9.17, 15) is 15.2 Å². The van der Waals surface area contributed by atoms with Crippen molar-refractivity contribution in [3.8, 4) is 6.07 Å².